The molecule has 1 aromatic heterocycles. The maximum absolute atomic E-state index is 13.4. The standard InChI is InChI=1S/C25H27N3O4/c1-4-21(24(29)27-20-11-7-8-12-22(20)31-3)32-25(30)23-16-9-5-6-10-18(16)26-19-13-14-28(2)15-17(19)23/h5-12,21H,4,13-15H2,1-3H3,(H,27,29). The number of aromatic nitrogens is 1. The van der Waals surface area contributed by atoms with Gasteiger partial charge in [0.25, 0.3) is 5.91 Å². The van der Waals surface area contributed by atoms with E-state index in [-0.39, 0.29) is 0 Å². The number of carbonyl (C=O) groups excluding carboxylic acids is 2. The van der Waals surface area contributed by atoms with E-state index in [2.05, 4.69) is 10.2 Å². The van der Waals surface area contributed by atoms with Gasteiger partial charge in [-0.3, -0.25) is 9.78 Å². The number of amides is 1. The number of hydrogen-bond acceptors (Lipinski definition) is 6. The Kier molecular flexibility index (Phi) is 6.37. The van der Waals surface area contributed by atoms with Crippen LogP contribution in [0.1, 0.15) is 35.0 Å². The van der Waals surface area contributed by atoms with Crippen molar-refractivity contribution in [2.24, 2.45) is 0 Å². The first-order valence-electron chi connectivity index (χ1n) is 10.8. The maximum Gasteiger partial charge on any atom is 0.340 e. The average molecular weight is 434 g/mol. The summed E-state index contributed by atoms with van der Waals surface area (Å²) in [6, 6.07) is 14.7. The number of fused-ring (bicyclic) bond motifs is 2. The monoisotopic (exact) mass is 433 g/mol. The molecule has 32 heavy (non-hydrogen) atoms. The molecule has 0 saturated heterocycles. The average Bonchev–Trinajstić information content (AvgIpc) is 2.81. The summed E-state index contributed by atoms with van der Waals surface area (Å²) < 4.78 is 11.1. The number of hydrogen-bond donors (Lipinski definition) is 1. The van der Waals surface area contributed by atoms with Gasteiger partial charge in [0.2, 0.25) is 0 Å². The fourth-order valence-corrected chi connectivity index (χ4v) is 4.03. The molecule has 0 saturated carbocycles. The lowest BCUT2D eigenvalue weighted by atomic mass is 9.96. The predicted molar refractivity (Wildman–Crippen MR) is 123 cm³/mol. The molecule has 1 N–H and O–H groups in total. The molecule has 1 aliphatic heterocycles. The Morgan fingerprint density at radius 2 is 1.91 bits per heavy atom. The van der Waals surface area contributed by atoms with E-state index >= 15 is 0 Å². The lowest BCUT2D eigenvalue weighted by Crippen LogP contribution is -2.34. The molecule has 0 spiro atoms. The fourth-order valence-electron chi connectivity index (χ4n) is 4.03. The van der Waals surface area contributed by atoms with Crippen molar-refractivity contribution in [2.45, 2.75) is 32.4 Å². The minimum Gasteiger partial charge on any atom is -0.495 e. The minimum atomic E-state index is -0.934. The number of methoxy groups -OCH3 is 1. The van der Waals surface area contributed by atoms with Crippen molar-refractivity contribution in [2.75, 3.05) is 26.0 Å². The third-order valence-corrected chi connectivity index (χ3v) is 5.72. The number of para-hydroxylation sites is 3. The Bertz CT molecular complexity index is 1160. The molecule has 4 rings (SSSR count). The third kappa shape index (κ3) is 4.29. The van der Waals surface area contributed by atoms with Crippen molar-refractivity contribution >= 4 is 28.5 Å². The van der Waals surface area contributed by atoms with E-state index in [1.165, 1.54) is 7.11 Å². The van der Waals surface area contributed by atoms with Crippen molar-refractivity contribution < 1.29 is 19.1 Å². The number of carbonyl (C=O) groups is 2. The zero-order valence-corrected chi connectivity index (χ0v) is 18.6. The van der Waals surface area contributed by atoms with Crippen molar-refractivity contribution in [3.63, 3.8) is 0 Å². The quantitative estimate of drug-likeness (QED) is 0.596. The number of likely N-dealkylation sites (N-methyl/N-ethyl adjacent to an activating group) is 1. The first-order valence-corrected chi connectivity index (χ1v) is 10.8. The third-order valence-electron chi connectivity index (χ3n) is 5.72. The summed E-state index contributed by atoms with van der Waals surface area (Å²) in [4.78, 5) is 33.3. The van der Waals surface area contributed by atoms with Crippen LogP contribution in [0, 0.1) is 0 Å². The maximum atomic E-state index is 13.4. The van der Waals surface area contributed by atoms with Gasteiger partial charge in [0, 0.05) is 36.2 Å². The largest absolute Gasteiger partial charge is 0.495 e. The van der Waals surface area contributed by atoms with Crippen LogP contribution < -0.4 is 10.1 Å². The summed E-state index contributed by atoms with van der Waals surface area (Å²) in [6.07, 6.45) is 0.177. The Hall–Kier alpha value is -3.45. The number of esters is 1. The van der Waals surface area contributed by atoms with E-state index in [9.17, 15) is 9.59 Å². The molecular formula is C25H27N3O4. The Balaban J connectivity index is 1.64. The van der Waals surface area contributed by atoms with E-state index in [1.54, 1.807) is 18.2 Å². The zero-order valence-electron chi connectivity index (χ0n) is 18.6. The summed E-state index contributed by atoms with van der Waals surface area (Å²) in [5.74, 6) is -0.355. The molecule has 1 atom stereocenters. The number of nitrogens with one attached hydrogen (secondary N) is 1. The number of pyridine rings is 1. The summed E-state index contributed by atoms with van der Waals surface area (Å²) in [5.41, 5.74) is 3.58. The highest BCUT2D eigenvalue weighted by Gasteiger charge is 2.29. The first-order chi connectivity index (χ1) is 15.5. The van der Waals surface area contributed by atoms with Gasteiger partial charge in [-0.2, -0.15) is 0 Å². The summed E-state index contributed by atoms with van der Waals surface area (Å²) in [5, 5.41) is 3.56. The van der Waals surface area contributed by atoms with Crippen LogP contribution in [-0.4, -0.2) is 48.6 Å². The smallest absolute Gasteiger partial charge is 0.340 e. The normalized spacial score (nSPS) is 14.5. The van der Waals surface area contributed by atoms with Crippen molar-refractivity contribution in [1.29, 1.82) is 0 Å². The highest BCUT2D eigenvalue weighted by atomic mass is 16.5. The van der Waals surface area contributed by atoms with Gasteiger partial charge in [-0.15, -0.1) is 0 Å². The van der Waals surface area contributed by atoms with Gasteiger partial charge in [0.1, 0.15) is 5.75 Å². The van der Waals surface area contributed by atoms with Gasteiger partial charge in [0.15, 0.2) is 6.10 Å². The fraction of sp³-hybridized carbons (Fsp3) is 0.320. The van der Waals surface area contributed by atoms with Crippen LogP contribution in [-0.2, 0) is 22.5 Å². The number of ether oxygens (including phenoxy) is 2. The molecule has 0 bridgehead atoms. The van der Waals surface area contributed by atoms with Crippen LogP contribution in [0.25, 0.3) is 10.9 Å². The molecule has 2 heterocycles. The molecule has 0 aliphatic carbocycles. The minimum absolute atomic E-state index is 0.345. The molecule has 7 nitrogen and oxygen atoms in total. The van der Waals surface area contributed by atoms with E-state index in [0.29, 0.717) is 30.0 Å². The van der Waals surface area contributed by atoms with E-state index in [1.807, 2.05) is 44.3 Å². The van der Waals surface area contributed by atoms with Gasteiger partial charge in [0.05, 0.1) is 23.9 Å². The van der Waals surface area contributed by atoms with Crippen LogP contribution in [0.4, 0.5) is 5.69 Å². The van der Waals surface area contributed by atoms with Gasteiger partial charge >= 0.3 is 5.97 Å². The van der Waals surface area contributed by atoms with Crippen LogP contribution in [0.15, 0.2) is 48.5 Å². The van der Waals surface area contributed by atoms with Crippen molar-refractivity contribution in [1.82, 2.24) is 9.88 Å². The van der Waals surface area contributed by atoms with Crippen molar-refractivity contribution in [3.05, 3.63) is 65.4 Å². The van der Waals surface area contributed by atoms with Crippen LogP contribution in [0.5, 0.6) is 5.75 Å². The van der Waals surface area contributed by atoms with Crippen LogP contribution in [0.2, 0.25) is 0 Å². The second-order valence-electron chi connectivity index (χ2n) is 7.91. The lowest BCUT2D eigenvalue weighted by Gasteiger charge is -2.27. The molecule has 1 aliphatic rings. The van der Waals surface area contributed by atoms with Gasteiger partial charge in [-0.1, -0.05) is 37.3 Å². The topological polar surface area (TPSA) is 80.8 Å². The second-order valence-corrected chi connectivity index (χ2v) is 7.91. The highest BCUT2D eigenvalue weighted by molar-refractivity contribution is 6.06. The molecular weight excluding hydrogens is 406 g/mol. The van der Waals surface area contributed by atoms with E-state index in [0.717, 1.165) is 35.1 Å². The summed E-state index contributed by atoms with van der Waals surface area (Å²) >= 11 is 0. The molecule has 1 unspecified atom stereocenters. The van der Waals surface area contributed by atoms with E-state index in [4.69, 9.17) is 14.5 Å². The summed E-state index contributed by atoms with van der Waals surface area (Å²) in [7, 11) is 3.56. The SMILES string of the molecule is CCC(OC(=O)c1c2c(nc3ccccc13)CCN(C)C2)C(=O)Nc1ccccc1OC. The molecule has 3 aromatic rings. The van der Waals surface area contributed by atoms with Crippen molar-refractivity contribution in [3.8, 4) is 5.75 Å². The van der Waals surface area contributed by atoms with Crippen LogP contribution in [0.3, 0.4) is 0 Å². The number of nitrogens with zero attached hydrogens (tertiary/aromatic N) is 2. The second kappa shape index (κ2) is 9.36. The molecule has 7 heteroatoms. The summed E-state index contributed by atoms with van der Waals surface area (Å²) in [6.45, 7) is 3.31. The first kappa shape index (κ1) is 21.8. The lowest BCUT2D eigenvalue weighted by molar-refractivity contribution is -0.124. The Morgan fingerprint density at radius 3 is 2.69 bits per heavy atom. The Morgan fingerprint density at radius 1 is 1.16 bits per heavy atom. The van der Waals surface area contributed by atoms with Crippen LogP contribution >= 0.6 is 0 Å². The number of anilines is 1. The molecule has 166 valence electrons. The highest BCUT2D eigenvalue weighted by Crippen LogP contribution is 2.29. The number of benzene rings is 2. The molecule has 0 radical (unpaired) electrons. The molecule has 1 amide bonds. The van der Waals surface area contributed by atoms with Gasteiger partial charge in [-0.05, 0) is 31.7 Å². The molecule has 0 fully saturated rings. The van der Waals surface area contributed by atoms with Gasteiger partial charge in [-0.25, -0.2) is 4.79 Å². The number of rotatable bonds is 6. The predicted octanol–water partition coefficient (Wildman–Crippen LogP) is 3.81. The molecule has 2 aromatic carbocycles. The van der Waals surface area contributed by atoms with Gasteiger partial charge < -0.3 is 19.7 Å². The zero-order chi connectivity index (χ0) is 22.7. The van der Waals surface area contributed by atoms with E-state index < -0.39 is 18.0 Å². The Labute approximate surface area is 187 Å².